The summed E-state index contributed by atoms with van der Waals surface area (Å²) in [6.45, 7) is 6.20. The minimum absolute atomic E-state index is 0.0981. The molecule has 0 spiro atoms. The normalized spacial score (nSPS) is 23.9. The summed E-state index contributed by atoms with van der Waals surface area (Å²) in [4.78, 5) is 26.0. The molecule has 0 N–H and O–H groups in total. The summed E-state index contributed by atoms with van der Waals surface area (Å²) < 4.78 is 1.83. The first kappa shape index (κ1) is 16.3. The van der Waals surface area contributed by atoms with Crippen LogP contribution in [-0.4, -0.2) is 61.5 Å². The van der Waals surface area contributed by atoms with E-state index < -0.39 is 0 Å². The topological polar surface area (TPSA) is 54.3 Å². The van der Waals surface area contributed by atoms with Crippen molar-refractivity contribution in [3.8, 4) is 5.82 Å². The molecule has 4 rings (SSSR count). The Labute approximate surface area is 148 Å². The van der Waals surface area contributed by atoms with Crippen molar-refractivity contribution in [2.45, 2.75) is 51.2 Å². The third kappa shape index (κ3) is 3.06. The predicted octanol–water partition coefficient (Wildman–Crippen LogP) is 2.35. The van der Waals surface area contributed by atoms with Crippen LogP contribution in [0.3, 0.4) is 0 Å². The lowest BCUT2D eigenvalue weighted by atomic mass is 10.1. The lowest BCUT2D eigenvalue weighted by Gasteiger charge is -2.32. The second-order valence-electron chi connectivity index (χ2n) is 7.34. The van der Waals surface area contributed by atoms with E-state index in [-0.39, 0.29) is 5.91 Å². The van der Waals surface area contributed by atoms with Crippen LogP contribution in [-0.2, 0) is 0 Å². The molecule has 2 aromatic heterocycles. The smallest absolute Gasteiger partial charge is 0.255 e. The molecular formula is C19H25N5O. The van der Waals surface area contributed by atoms with Crippen LogP contribution in [0.5, 0.6) is 0 Å². The van der Waals surface area contributed by atoms with Gasteiger partial charge in [0.05, 0.1) is 5.56 Å². The fourth-order valence-corrected chi connectivity index (χ4v) is 4.38. The highest BCUT2D eigenvalue weighted by molar-refractivity contribution is 5.94. The molecule has 0 saturated carbocycles. The monoisotopic (exact) mass is 339 g/mol. The lowest BCUT2D eigenvalue weighted by molar-refractivity contribution is 0.0728. The quantitative estimate of drug-likeness (QED) is 0.861. The van der Waals surface area contributed by atoms with Crippen molar-refractivity contribution in [1.29, 1.82) is 0 Å². The lowest BCUT2D eigenvalue weighted by Crippen LogP contribution is -2.44. The van der Waals surface area contributed by atoms with Gasteiger partial charge in [0.1, 0.15) is 12.1 Å². The molecule has 2 bridgehead atoms. The average Bonchev–Trinajstić information content (AvgIpc) is 3.22. The molecule has 0 radical (unpaired) electrons. The predicted molar refractivity (Wildman–Crippen MR) is 95.7 cm³/mol. The van der Waals surface area contributed by atoms with Gasteiger partial charge in [0.15, 0.2) is 0 Å². The molecule has 2 atom stereocenters. The van der Waals surface area contributed by atoms with Gasteiger partial charge in [-0.3, -0.25) is 14.3 Å². The molecule has 4 heterocycles. The number of fused-ring (bicyclic) bond motifs is 2. The number of carbonyl (C=O) groups is 1. The van der Waals surface area contributed by atoms with E-state index in [2.05, 4.69) is 28.7 Å². The van der Waals surface area contributed by atoms with Gasteiger partial charge in [0, 0.05) is 49.8 Å². The van der Waals surface area contributed by atoms with Gasteiger partial charge in [-0.05, 0) is 45.2 Å². The van der Waals surface area contributed by atoms with Crippen molar-refractivity contribution >= 4 is 5.91 Å². The van der Waals surface area contributed by atoms with Gasteiger partial charge >= 0.3 is 0 Å². The Morgan fingerprint density at radius 1 is 1.20 bits per heavy atom. The summed E-state index contributed by atoms with van der Waals surface area (Å²) in [5.74, 6) is 0.871. The summed E-state index contributed by atoms with van der Waals surface area (Å²) in [5, 5.41) is 0. The zero-order chi connectivity index (χ0) is 17.4. The van der Waals surface area contributed by atoms with Crippen LogP contribution in [0.2, 0.25) is 0 Å². The highest BCUT2D eigenvalue weighted by Gasteiger charge is 2.39. The second-order valence-corrected chi connectivity index (χ2v) is 7.34. The van der Waals surface area contributed by atoms with Crippen LogP contribution < -0.4 is 0 Å². The number of pyridine rings is 1. The zero-order valence-electron chi connectivity index (χ0n) is 14.9. The largest absolute Gasteiger partial charge is 0.337 e. The van der Waals surface area contributed by atoms with E-state index in [0.29, 0.717) is 23.7 Å². The number of rotatable bonds is 3. The Morgan fingerprint density at radius 2 is 2.04 bits per heavy atom. The van der Waals surface area contributed by atoms with E-state index >= 15 is 0 Å². The number of carbonyl (C=O) groups excluding carboxylic acids is 1. The summed E-state index contributed by atoms with van der Waals surface area (Å²) in [7, 11) is 0. The van der Waals surface area contributed by atoms with Crippen molar-refractivity contribution in [3.63, 3.8) is 0 Å². The van der Waals surface area contributed by atoms with Crippen molar-refractivity contribution < 1.29 is 4.79 Å². The van der Waals surface area contributed by atoms with E-state index in [1.165, 1.54) is 12.8 Å². The Morgan fingerprint density at radius 3 is 2.72 bits per heavy atom. The molecule has 6 nitrogen and oxygen atoms in total. The van der Waals surface area contributed by atoms with Crippen LogP contribution in [0.4, 0.5) is 0 Å². The van der Waals surface area contributed by atoms with E-state index in [0.717, 1.165) is 25.3 Å². The minimum atomic E-state index is 0.0981. The summed E-state index contributed by atoms with van der Waals surface area (Å²) in [6, 6.07) is 5.41. The second kappa shape index (κ2) is 6.59. The van der Waals surface area contributed by atoms with E-state index in [1.807, 2.05) is 27.8 Å². The first-order chi connectivity index (χ1) is 12.1. The van der Waals surface area contributed by atoms with Gasteiger partial charge in [0.25, 0.3) is 5.91 Å². The molecule has 6 heteroatoms. The van der Waals surface area contributed by atoms with E-state index in [9.17, 15) is 4.79 Å². The van der Waals surface area contributed by atoms with Crippen LogP contribution in [0.1, 0.15) is 43.5 Å². The third-order valence-electron chi connectivity index (χ3n) is 5.49. The molecule has 1 amide bonds. The average molecular weight is 339 g/mol. The SMILES string of the molecule is CC(C)N1C2CCC1CN(C(=O)c1ccc(-n3ccnc3)nc1)CC2. The number of imidazole rings is 1. The summed E-state index contributed by atoms with van der Waals surface area (Å²) >= 11 is 0. The number of aromatic nitrogens is 3. The van der Waals surface area contributed by atoms with Gasteiger partial charge in [-0.15, -0.1) is 0 Å². The first-order valence-electron chi connectivity index (χ1n) is 9.14. The van der Waals surface area contributed by atoms with Crippen molar-refractivity contribution in [2.75, 3.05) is 13.1 Å². The highest BCUT2D eigenvalue weighted by Crippen LogP contribution is 2.32. The summed E-state index contributed by atoms with van der Waals surface area (Å²) in [6.07, 6.45) is 10.5. The Bertz CT molecular complexity index is 725. The molecule has 132 valence electrons. The molecule has 2 aliphatic rings. The van der Waals surface area contributed by atoms with E-state index in [4.69, 9.17) is 0 Å². The maximum atomic E-state index is 13.0. The Balaban J connectivity index is 1.49. The highest BCUT2D eigenvalue weighted by atomic mass is 16.2. The third-order valence-corrected chi connectivity index (χ3v) is 5.49. The van der Waals surface area contributed by atoms with Crippen molar-refractivity contribution in [2.24, 2.45) is 0 Å². The minimum Gasteiger partial charge on any atom is -0.337 e. The van der Waals surface area contributed by atoms with Crippen LogP contribution in [0.25, 0.3) is 5.82 Å². The number of amides is 1. The standard InChI is InChI=1S/C19H25N5O/c1-14(2)24-16-4-5-17(24)12-22(9-7-16)19(25)15-3-6-18(21-11-15)23-10-8-20-13-23/h3,6,8,10-11,13-14,16-17H,4-5,7,9,12H2,1-2H3. The molecule has 2 fully saturated rings. The molecule has 0 aromatic carbocycles. The number of hydrogen-bond donors (Lipinski definition) is 0. The summed E-state index contributed by atoms with van der Waals surface area (Å²) in [5.41, 5.74) is 0.665. The maximum Gasteiger partial charge on any atom is 0.255 e. The van der Waals surface area contributed by atoms with Crippen LogP contribution >= 0.6 is 0 Å². The Hall–Kier alpha value is -2.21. The molecule has 2 saturated heterocycles. The molecule has 2 aromatic rings. The maximum absolute atomic E-state index is 13.0. The zero-order valence-corrected chi connectivity index (χ0v) is 14.9. The van der Waals surface area contributed by atoms with Gasteiger partial charge in [-0.2, -0.15) is 0 Å². The van der Waals surface area contributed by atoms with Crippen molar-refractivity contribution in [1.82, 2.24) is 24.3 Å². The van der Waals surface area contributed by atoms with Crippen LogP contribution in [0.15, 0.2) is 37.1 Å². The van der Waals surface area contributed by atoms with E-state index in [1.54, 1.807) is 18.7 Å². The molecule has 2 unspecified atom stereocenters. The molecule has 0 aliphatic carbocycles. The molecule has 2 aliphatic heterocycles. The fraction of sp³-hybridized carbons (Fsp3) is 0.526. The van der Waals surface area contributed by atoms with Crippen molar-refractivity contribution in [3.05, 3.63) is 42.6 Å². The number of likely N-dealkylation sites (tertiary alicyclic amines) is 1. The number of hydrogen-bond acceptors (Lipinski definition) is 4. The first-order valence-corrected chi connectivity index (χ1v) is 9.14. The van der Waals surface area contributed by atoms with Gasteiger partial charge in [0.2, 0.25) is 0 Å². The van der Waals surface area contributed by atoms with Gasteiger partial charge < -0.3 is 4.90 Å². The van der Waals surface area contributed by atoms with Crippen LogP contribution in [0, 0.1) is 0 Å². The molecule has 25 heavy (non-hydrogen) atoms. The molecular weight excluding hydrogens is 314 g/mol. The van der Waals surface area contributed by atoms with Gasteiger partial charge in [-0.25, -0.2) is 9.97 Å². The fourth-order valence-electron chi connectivity index (χ4n) is 4.38. The number of nitrogens with zero attached hydrogens (tertiary/aromatic N) is 5. The Kier molecular flexibility index (Phi) is 4.29. The van der Waals surface area contributed by atoms with Gasteiger partial charge in [-0.1, -0.05) is 0 Å².